The Morgan fingerprint density at radius 1 is 1.00 bits per heavy atom. The van der Waals surface area contributed by atoms with Crippen molar-refractivity contribution >= 4 is 40.5 Å². The van der Waals surface area contributed by atoms with Crippen LogP contribution in [0.5, 0.6) is 0 Å². The molecule has 1 atom stereocenters. The van der Waals surface area contributed by atoms with Gasteiger partial charge in [-0.25, -0.2) is 4.79 Å². The van der Waals surface area contributed by atoms with E-state index in [0.717, 1.165) is 5.56 Å². The SMILES string of the molecule is O=C(COC(=O)[C@H](Cc1ccccc1)NC(=O)c1cccs1)Nc1ccc([N+](=O)[O-])cc1. The molecule has 0 aliphatic heterocycles. The molecule has 3 aromatic rings. The van der Waals surface area contributed by atoms with Crippen LogP contribution in [0.1, 0.15) is 15.2 Å². The van der Waals surface area contributed by atoms with Gasteiger partial charge in [-0.3, -0.25) is 19.7 Å². The molecule has 164 valence electrons. The van der Waals surface area contributed by atoms with Crippen molar-refractivity contribution in [3.8, 4) is 0 Å². The lowest BCUT2D eigenvalue weighted by Crippen LogP contribution is -2.43. The third kappa shape index (κ3) is 6.47. The number of ether oxygens (including phenoxy) is 1. The van der Waals surface area contributed by atoms with E-state index in [1.165, 1.54) is 35.6 Å². The van der Waals surface area contributed by atoms with Crippen LogP contribution >= 0.6 is 11.3 Å². The highest BCUT2D eigenvalue weighted by Crippen LogP contribution is 2.15. The molecule has 0 unspecified atom stereocenters. The molecule has 10 heteroatoms. The zero-order valence-corrected chi connectivity index (χ0v) is 17.5. The highest BCUT2D eigenvalue weighted by Gasteiger charge is 2.24. The Bertz CT molecular complexity index is 1080. The average Bonchev–Trinajstić information content (AvgIpc) is 3.33. The van der Waals surface area contributed by atoms with E-state index in [9.17, 15) is 24.5 Å². The van der Waals surface area contributed by atoms with E-state index in [-0.39, 0.29) is 12.1 Å². The van der Waals surface area contributed by atoms with Gasteiger partial charge >= 0.3 is 5.97 Å². The quantitative estimate of drug-likeness (QED) is 0.291. The van der Waals surface area contributed by atoms with Gasteiger partial charge in [0.15, 0.2) is 6.61 Å². The second-order valence-corrected chi connectivity index (χ2v) is 7.60. The molecule has 1 aromatic heterocycles. The van der Waals surface area contributed by atoms with Crippen LogP contribution in [0, 0.1) is 10.1 Å². The van der Waals surface area contributed by atoms with Crippen molar-refractivity contribution in [1.82, 2.24) is 5.32 Å². The molecule has 0 spiro atoms. The molecular formula is C22H19N3O6S. The van der Waals surface area contributed by atoms with Gasteiger partial charge in [0.2, 0.25) is 0 Å². The number of benzene rings is 2. The fourth-order valence-corrected chi connectivity index (χ4v) is 3.41. The number of non-ortho nitro benzene ring substituents is 1. The first-order valence-electron chi connectivity index (χ1n) is 9.51. The molecule has 0 saturated carbocycles. The molecule has 2 amide bonds. The van der Waals surface area contributed by atoms with E-state index < -0.39 is 35.4 Å². The molecule has 2 aromatic carbocycles. The van der Waals surface area contributed by atoms with Crippen molar-refractivity contribution in [3.05, 3.63) is 92.7 Å². The minimum absolute atomic E-state index is 0.111. The highest BCUT2D eigenvalue weighted by atomic mass is 32.1. The zero-order valence-electron chi connectivity index (χ0n) is 16.7. The van der Waals surface area contributed by atoms with Crippen LogP contribution < -0.4 is 10.6 Å². The van der Waals surface area contributed by atoms with Crippen LogP contribution in [0.2, 0.25) is 0 Å². The topological polar surface area (TPSA) is 128 Å². The second-order valence-electron chi connectivity index (χ2n) is 6.65. The highest BCUT2D eigenvalue weighted by molar-refractivity contribution is 7.12. The van der Waals surface area contributed by atoms with E-state index >= 15 is 0 Å². The number of nitrogens with zero attached hydrogens (tertiary/aromatic N) is 1. The predicted octanol–water partition coefficient (Wildman–Crippen LogP) is 3.18. The number of anilines is 1. The molecule has 9 nitrogen and oxygen atoms in total. The number of nitrogens with one attached hydrogen (secondary N) is 2. The maximum Gasteiger partial charge on any atom is 0.329 e. The van der Waals surface area contributed by atoms with Crippen LogP contribution in [-0.2, 0) is 20.7 Å². The fraction of sp³-hybridized carbons (Fsp3) is 0.136. The number of nitro benzene ring substituents is 1. The minimum Gasteiger partial charge on any atom is -0.454 e. The molecule has 3 rings (SSSR count). The van der Waals surface area contributed by atoms with Crippen molar-refractivity contribution in [2.75, 3.05) is 11.9 Å². The summed E-state index contributed by atoms with van der Waals surface area (Å²) in [6, 6.07) is 16.7. The largest absolute Gasteiger partial charge is 0.454 e. The number of esters is 1. The van der Waals surface area contributed by atoms with Gasteiger partial charge in [0.1, 0.15) is 6.04 Å². The molecule has 32 heavy (non-hydrogen) atoms. The van der Waals surface area contributed by atoms with Crippen LogP contribution in [0.15, 0.2) is 72.1 Å². The number of hydrogen-bond donors (Lipinski definition) is 2. The second kappa shape index (κ2) is 10.8. The van der Waals surface area contributed by atoms with E-state index in [2.05, 4.69) is 10.6 Å². The summed E-state index contributed by atoms with van der Waals surface area (Å²) in [5, 5.41) is 17.6. The molecule has 0 aliphatic rings. The monoisotopic (exact) mass is 453 g/mol. The van der Waals surface area contributed by atoms with E-state index in [1.807, 2.05) is 30.3 Å². The van der Waals surface area contributed by atoms with Crippen LogP contribution in [0.4, 0.5) is 11.4 Å². The van der Waals surface area contributed by atoms with Crippen molar-refractivity contribution in [2.45, 2.75) is 12.5 Å². The normalized spacial score (nSPS) is 11.2. The number of rotatable bonds is 9. The third-order valence-corrected chi connectivity index (χ3v) is 5.19. The van der Waals surface area contributed by atoms with Crippen LogP contribution in [0.25, 0.3) is 0 Å². The van der Waals surface area contributed by atoms with Crippen molar-refractivity contribution in [3.63, 3.8) is 0 Å². The Hall–Kier alpha value is -4.05. The third-order valence-electron chi connectivity index (χ3n) is 4.32. The molecule has 0 bridgehead atoms. The summed E-state index contributed by atoms with van der Waals surface area (Å²) in [5.74, 6) is -1.78. The Balaban J connectivity index is 1.60. The van der Waals surface area contributed by atoms with Crippen LogP contribution in [0.3, 0.4) is 0 Å². The van der Waals surface area contributed by atoms with E-state index in [4.69, 9.17) is 4.74 Å². The van der Waals surface area contributed by atoms with Gasteiger partial charge in [0.25, 0.3) is 17.5 Å². The Morgan fingerprint density at radius 3 is 2.34 bits per heavy atom. The van der Waals surface area contributed by atoms with Gasteiger partial charge in [-0.2, -0.15) is 0 Å². The number of hydrogen-bond acceptors (Lipinski definition) is 7. The van der Waals surface area contributed by atoms with Gasteiger partial charge in [0.05, 0.1) is 9.80 Å². The first-order valence-corrected chi connectivity index (χ1v) is 10.4. The molecule has 1 heterocycles. The number of carbonyl (C=O) groups excluding carboxylic acids is 3. The Kier molecular flexibility index (Phi) is 7.65. The summed E-state index contributed by atoms with van der Waals surface area (Å²) < 4.78 is 5.12. The summed E-state index contributed by atoms with van der Waals surface area (Å²) >= 11 is 1.24. The van der Waals surface area contributed by atoms with E-state index in [1.54, 1.807) is 17.5 Å². The van der Waals surface area contributed by atoms with Gasteiger partial charge in [-0.05, 0) is 29.1 Å². The molecule has 0 fully saturated rings. The summed E-state index contributed by atoms with van der Waals surface area (Å²) in [7, 11) is 0. The maximum atomic E-state index is 12.6. The lowest BCUT2D eigenvalue weighted by atomic mass is 10.1. The van der Waals surface area contributed by atoms with Crippen molar-refractivity contribution in [1.29, 1.82) is 0 Å². The number of thiophene rings is 1. The molecule has 0 aliphatic carbocycles. The van der Waals surface area contributed by atoms with Crippen molar-refractivity contribution < 1.29 is 24.0 Å². The van der Waals surface area contributed by atoms with Gasteiger partial charge < -0.3 is 15.4 Å². The predicted molar refractivity (Wildman–Crippen MR) is 118 cm³/mol. The Morgan fingerprint density at radius 2 is 1.72 bits per heavy atom. The fourth-order valence-electron chi connectivity index (χ4n) is 2.78. The smallest absolute Gasteiger partial charge is 0.329 e. The molecule has 2 N–H and O–H groups in total. The first-order chi connectivity index (χ1) is 15.4. The first kappa shape index (κ1) is 22.6. The van der Waals surface area contributed by atoms with E-state index in [0.29, 0.717) is 10.6 Å². The summed E-state index contributed by atoms with van der Waals surface area (Å²) in [6.07, 6.45) is 0.195. The number of carbonyl (C=O) groups is 3. The lowest BCUT2D eigenvalue weighted by molar-refractivity contribution is -0.384. The molecule has 0 saturated heterocycles. The Labute approximate surface area is 187 Å². The molecular weight excluding hydrogens is 434 g/mol. The number of nitro groups is 1. The summed E-state index contributed by atoms with van der Waals surface area (Å²) in [6.45, 7) is -0.573. The number of amides is 2. The summed E-state index contributed by atoms with van der Waals surface area (Å²) in [4.78, 5) is 47.8. The lowest BCUT2D eigenvalue weighted by Gasteiger charge is -2.17. The average molecular weight is 453 g/mol. The summed E-state index contributed by atoms with van der Waals surface area (Å²) in [5.41, 5.74) is 1.03. The van der Waals surface area contributed by atoms with Gasteiger partial charge in [-0.15, -0.1) is 11.3 Å². The van der Waals surface area contributed by atoms with Gasteiger partial charge in [-0.1, -0.05) is 36.4 Å². The molecule has 0 radical (unpaired) electrons. The minimum atomic E-state index is -0.987. The van der Waals surface area contributed by atoms with Gasteiger partial charge in [0, 0.05) is 24.2 Å². The standard InChI is InChI=1S/C22H19N3O6S/c26-20(23-16-8-10-17(11-9-16)25(29)30)14-31-22(28)18(13-15-5-2-1-3-6-15)24-21(27)19-7-4-12-32-19/h1-12,18H,13-14H2,(H,23,26)(H,24,27)/t18-/m0/s1. The van der Waals surface area contributed by atoms with Crippen molar-refractivity contribution in [2.24, 2.45) is 0 Å². The maximum absolute atomic E-state index is 12.6. The zero-order chi connectivity index (χ0) is 22.9. The van der Waals surface area contributed by atoms with Crippen LogP contribution in [-0.4, -0.2) is 35.4 Å².